The van der Waals surface area contributed by atoms with Crippen LogP contribution in [-0.2, 0) is 0 Å². The number of halogens is 4. The molecule has 0 aliphatic heterocycles. The summed E-state index contributed by atoms with van der Waals surface area (Å²) in [5.74, 6) is -1.27. The van der Waals surface area contributed by atoms with Crippen molar-refractivity contribution in [2.24, 2.45) is 0 Å². The average Bonchev–Trinajstić information content (AvgIpc) is 2.15. The fraction of sp³-hybridized carbons (Fsp3) is 0.300. The lowest BCUT2D eigenvalue weighted by atomic mass is 10.1. The Morgan fingerprint density at radius 2 is 2.00 bits per heavy atom. The molecule has 2 N–H and O–H groups in total. The minimum Gasteiger partial charge on any atom is -0.508 e. The molecule has 0 heterocycles. The molecular formula is C10H8F4N2O. The van der Waals surface area contributed by atoms with Gasteiger partial charge in [0.2, 0.25) is 0 Å². The highest BCUT2D eigenvalue weighted by molar-refractivity contribution is 5.33. The lowest BCUT2D eigenvalue weighted by molar-refractivity contribution is -0.125. The van der Waals surface area contributed by atoms with Gasteiger partial charge >= 0.3 is 6.18 Å². The Balaban J connectivity index is 2.84. The number of phenols is 1. The van der Waals surface area contributed by atoms with E-state index < -0.39 is 30.3 Å². The van der Waals surface area contributed by atoms with Crippen molar-refractivity contribution in [1.29, 1.82) is 5.26 Å². The first-order chi connectivity index (χ1) is 7.81. The molecule has 1 rings (SSSR count). The van der Waals surface area contributed by atoms with Crippen molar-refractivity contribution < 1.29 is 22.7 Å². The zero-order valence-electron chi connectivity index (χ0n) is 8.42. The van der Waals surface area contributed by atoms with E-state index in [1.165, 1.54) is 0 Å². The first-order valence-electron chi connectivity index (χ1n) is 4.51. The second-order valence-corrected chi connectivity index (χ2v) is 3.30. The number of hydrogen-bond donors (Lipinski definition) is 2. The summed E-state index contributed by atoms with van der Waals surface area (Å²) in [5.41, 5.74) is -0.0609. The molecular weight excluding hydrogens is 240 g/mol. The second kappa shape index (κ2) is 5.01. The minimum absolute atomic E-state index is 0.0609. The Morgan fingerprint density at radius 1 is 1.35 bits per heavy atom. The Hall–Kier alpha value is -1.81. The van der Waals surface area contributed by atoms with Crippen molar-refractivity contribution in [3.05, 3.63) is 29.6 Å². The molecule has 0 radical (unpaired) electrons. The summed E-state index contributed by atoms with van der Waals surface area (Å²) in [4.78, 5) is 0. The van der Waals surface area contributed by atoms with E-state index in [0.717, 1.165) is 18.2 Å². The molecule has 0 bridgehead atoms. The largest absolute Gasteiger partial charge is 0.508 e. The molecule has 0 aromatic heterocycles. The molecule has 0 aliphatic carbocycles. The highest BCUT2D eigenvalue weighted by Gasteiger charge is 2.28. The standard InChI is InChI=1S/C10H8F4N2O/c11-7-1-6(2-8(17)3-7)9(4-15)16-5-10(12,13)14/h1-3,9,16-17H,5H2. The number of hydrogen-bond acceptors (Lipinski definition) is 3. The van der Waals surface area contributed by atoms with E-state index in [9.17, 15) is 17.6 Å². The SMILES string of the molecule is N#CC(NCC(F)(F)F)c1cc(O)cc(F)c1. The Kier molecular flexibility index (Phi) is 3.91. The van der Waals surface area contributed by atoms with Gasteiger partial charge in [-0.2, -0.15) is 18.4 Å². The van der Waals surface area contributed by atoms with E-state index in [2.05, 4.69) is 0 Å². The van der Waals surface area contributed by atoms with Crippen LogP contribution in [0.3, 0.4) is 0 Å². The minimum atomic E-state index is -4.47. The molecule has 1 unspecified atom stereocenters. The topological polar surface area (TPSA) is 56.0 Å². The van der Waals surface area contributed by atoms with Gasteiger partial charge in [0.1, 0.15) is 17.6 Å². The second-order valence-electron chi connectivity index (χ2n) is 3.30. The summed E-state index contributed by atoms with van der Waals surface area (Å²) < 4.78 is 48.7. The van der Waals surface area contributed by atoms with Crippen LogP contribution in [0.2, 0.25) is 0 Å². The van der Waals surface area contributed by atoms with Crippen LogP contribution in [0.15, 0.2) is 18.2 Å². The average molecular weight is 248 g/mol. The van der Waals surface area contributed by atoms with Gasteiger partial charge in [-0.15, -0.1) is 0 Å². The summed E-state index contributed by atoms with van der Waals surface area (Å²) in [7, 11) is 0. The summed E-state index contributed by atoms with van der Waals surface area (Å²) in [6.07, 6.45) is -4.47. The fourth-order valence-corrected chi connectivity index (χ4v) is 1.22. The number of benzene rings is 1. The molecule has 92 valence electrons. The smallest absolute Gasteiger partial charge is 0.401 e. The molecule has 17 heavy (non-hydrogen) atoms. The number of rotatable bonds is 3. The van der Waals surface area contributed by atoms with Crippen molar-refractivity contribution in [2.45, 2.75) is 12.2 Å². The van der Waals surface area contributed by atoms with Gasteiger partial charge in [-0.1, -0.05) is 0 Å². The van der Waals surface area contributed by atoms with Gasteiger partial charge in [-0.05, 0) is 17.7 Å². The predicted octanol–water partition coefficient (Wildman–Crippen LogP) is 2.25. The molecule has 0 amide bonds. The number of phenolic OH excluding ortho intramolecular Hbond substituents is 1. The van der Waals surface area contributed by atoms with Crippen LogP contribution < -0.4 is 5.32 Å². The lowest BCUT2D eigenvalue weighted by Crippen LogP contribution is -2.31. The summed E-state index contributed by atoms with van der Waals surface area (Å²) in [6, 6.07) is 2.93. The number of nitrogens with zero attached hydrogens (tertiary/aromatic N) is 1. The highest BCUT2D eigenvalue weighted by atomic mass is 19.4. The summed E-state index contributed by atoms with van der Waals surface area (Å²) >= 11 is 0. The highest BCUT2D eigenvalue weighted by Crippen LogP contribution is 2.21. The summed E-state index contributed by atoms with van der Waals surface area (Å²) in [5, 5.41) is 19.7. The van der Waals surface area contributed by atoms with Crippen LogP contribution in [0, 0.1) is 17.1 Å². The monoisotopic (exact) mass is 248 g/mol. The van der Waals surface area contributed by atoms with Crippen LogP contribution in [0.1, 0.15) is 11.6 Å². The molecule has 0 saturated carbocycles. The molecule has 0 spiro atoms. The molecule has 0 fully saturated rings. The zero-order chi connectivity index (χ0) is 13.1. The van der Waals surface area contributed by atoms with Crippen LogP contribution in [0.5, 0.6) is 5.75 Å². The molecule has 0 aliphatic rings. The quantitative estimate of drug-likeness (QED) is 0.806. The molecule has 1 aromatic rings. The van der Waals surface area contributed by atoms with E-state index in [0.29, 0.717) is 0 Å². The Labute approximate surface area is 94.3 Å². The molecule has 0 saturated heterocycles. The number of nitrogens with one attached hydrogen (secondary N) is 1. The predicted molar refractivity (Wildman–Crippen MR) is 50.5 cm³/mol. The number of alkyl halides is 3. The Bertz CT molecular complexity index is 419. The van der Waals surface area contributed by atoms with Gasteiger partial charge in [0.15, 0.2) is 0 Å². The maximum Gasteiger partial charge on any atom is 0.401 e. The van der Waals surface area contributed by atoms with E-state index in [1.807, 2.05) is 5.32 Å². The van der Waals surface area contributed by atoms with E-state index in [4.69, 9.17) is 10.4 Å². The van der Waals surface area contributed by atoms with Crippen molar-refractivity contribution >= 4 is 0 Å². The van der Waals surface area contributed by atoms with Gasteiger partial charge in [0.05, 0.1) is 12.6 Å². The van der Waals surface area contributed by atoms with Crippen molar-refractivity contribution in [1.82, 2.24) is 5.32 Å². The van der Waals surface area contributed by atoms with Gasteiger partial charge < -0.3 is 5.11 Å². The van der Waals surface area contributed by atoms with Crippen molar-refractivity contribution in [3.63, 3.8) is 0 Å². The van der Waals surface area contributed by atoms with Gasteiger partial charge in [0.25, 0.3) is 0 Å². The fourth-order valence-electron chi connectivity index (χ4n) is 1.22. The number of nitriles is 1. The van der Waals surface area contributed by atoms with Crippen LogP contribution in [0.25, 0.3) is 0 Å². The third-order valence-electron chi connectivity index (χ3n) is 1.87. The van der Waals surface area contributed by atoms with Gasteiger partial charge in [-0.3, -0.25) is 5.32 Å². The summed E-state index contributed by atoms with van der Waals surface area (Å²) in [6.45, 7) is -1.37. The van der Waals surface area contributed by atoms with Gasteiger partial charge in [0, 0.05) is 6.07 Å². The van der Waals surface area contributed by atoms with E-state index in [-0.39, 0.29) is 5.56 Å². The van der Waals surface area contributed by atoms with Crippen LogP contribution in [0.4, 0.5) is 17.6 Å². The first kappa shape index (κ1) is 13.3. The number of aromatic hydroxyl groups is 1. The molecule has 1 atom stereocenters. The molecule has 3 nitrogen and oxygen atoms in total. The lowest BCUT2D eigenvalue weighted by Gasteiger charge is -2.13. The third kappa shape index (κ3) is 4.28. The molecule has 1 aromatic carbocycles. The van der Waals surface area contributed by atoms with Crippen LogP contribution >= 0.6 is 0 Å². The first-order valence-corrected chi connectivity index (χ1v) is 4.51. The molecule has 7 heteroatoms. The van der Waals surface area contributed by atoms with E-state index >= 15 is 0 Å². The maximum atomic E-state index is 12.9. The van der Waals surface area contributed by atoms with Crippen molar-refractivity contribution in [2.75, 3.05) is 6.54 Å². The van der Waals surface area contributed by atoms with Crippen LogP contribution in [-0.4, -0.2) is 17.8 Å². The normalized spacial score (nSPS) is 13.1. The van der Waals surface area contributed by atoms with E-state index in [1.54, 1.807) is 6.07 Å². The van der Waals surface area contributed by atoms with Gasteiger partial charge in [-0.25, -0.2) is 4.39 Å². The van der Waals surface area contributed by atoms with Crippen molar-refractivity contribution in [3.8, 4) is 11.8 Å². The Morgan fingerprint density at radius 3 is 2.47 bits per heavy atom. The maximum absolute atomic E-state index is 12.9. The third-order valence-corrected chi connectivity index (χ3v) is 1.87. The zero-order valence-corrected chi connectivity index (χ0v) is 8.42.